The minimum Gasteiger partial charge on any atom is -0.352 e. The minimum atomic E-state index is -0.0122. The number of amides is 1. The van der Waals surface area contributed by atoms with Gasteiger partial charge >= 0.3 is 0 Å². The van der Waals surface area contributed by atoms with Gasteiger partial charge in [0, 0.05) is 18.2 Å². The standard InChI is InChI=1S/C15H24N2O/c1-4-5-14(16)8-9-17-15(18)13-7-6-11(2)12(3)10-13/h6-7,10,14H,4-5,8-9,16H2,1-3H3,(H,17,18). The van der Waals surface area contributed by atoms with Gasteiger partial charge in [-0.15, -0.1) is 0 Å². The van der Waals surface area contributed by atoms with Gasteiger partial charge in [-0.1, -0.05) is 19.4 Å². The number of hydrogen-bond donors (Lipinski definition) is 2. The Balaban J connectivity index is 2.43. The van der Waals surface area contributed by atoms with E-state index in [9.17, 15) is 4.79 Å². The molecule has 0 heterocycles. The van der Waals surface area contributed by atoms with Gasteiger partial charge in [-0.3, -0.25) is 4.79 Å². The predicted octanol–water partition coefficient (Wildman–Crippen LogP) is 2.55. The molecule has 0 fully saturated rings. The van der Waals surface area contributed by atoms with E-state index in [4.69, 9.17) is 5.73 Å². The van der Waals surface area contributed by atoms with Crippen molar-refractivity contribution in [3.05, 3.63) is 34.9 Å². The fraction of sp³-hybridized carbons (Fsp3) is 0.533. The molecule has 0 aromatic heterocycles. The van der Waals surface area contributed by atoms with E-state index in [1.54, 1.807) is 0 Å². The third-order valence-electron chi connectivity index (χ3n) is 3.23. The quantitative estimate of drug-likeness (QED) is 0.813. The van der Waals surface area contributed by atoms with E-state index in [1.165, 1.54) is 5.56 Å². The van der Waals surface area contributed by atoms with Crippen LogP contribution in [-0.4, -0.2) is 18.5 Å². The highest BCUT2D eigenvalue weighted by atomic mass is 16.1. The number of hydrogen-bond acceptors (Lipinski definition) is 2. The second kappa shape index (κ2) is 7.17. The van der Waals surface area contributed by atoms with Gasteiger partial charge in [-0.25, -0.2) is 0 Å². The molecule has 3 heteroatoms. The summed E-state index contributed by atoms with van der Waals surface area (Å²) in [5.74, 6) is -0.0122. The summed E-state index contributed by atoms with van der Waals surface area (Å²) >= 11 is 0. The number of carbonyl (C=O) groups excluding carboxylic acids is 1. The van der Waals surface area contributed by atoms with Crippen LogP contribution in [0.15, 0.2) is 18.2 Å². The van der Waals surface area contributed by atoms with Crippen molar-refractivity contribution in [3.63, 3.8) is 0 Å². The molecule has 18 heavy (non-hydrogen) atoms. The van der Waals surface area contributed by atoms with Crippen molar-refractivity contribution in [1.82, 2.24) is 5.32 Å². The smallest absolute Gasteiger partial charge is 0.251 e. The predicted molar refractivity (Wildman–Crippen MR) is 75.7 cm³/mol. The maximum Gasteiger partial charge on any atom is 0.251 e. The van der Waals surface area contributed by atoms with Crippen LogP contribution < -0.4 is 11.1 Å². The summed E-state index contributed by atoms with van der Waals surface area (Å²) in [5.41, 5.74) is 8.97. The summed E-state index contributed by atoms with van der Waals surface area (Å²) in [4.78, 5) is 11.9. The summed E-state index contributed by atoms with van der Waals surface area (Å²) in [6.07, 6.45) is 2.94. The molecule has 0 aliphatic heterocycles. The van der Waals surface area contributed by atoms with Gasteiger partial charge in [-0.2, -0.15) is 0 Å². The lowest BCUT2D eigenvalue weighted by Gasteiger charge is -2.11. The molecule has 0 aliphatic rings. The number of carbonyl (C=O) groups is 1. The van der Waals surface area contributed by atoms with E-state index < -0.39 is 0 Å². The van der Waals surface area contributed by atoms with Crippen molar-refractivity contribution < 1.29 is 4.79 Å². The zero-order chi connectivity index (χ0) is 13.5. The van der Waals surface area contributed by atoms with Crippen LogP contribution in [0, 0.1) is 13.8 Å². The summed E-state index contributed by atoms with van der Waals surface area (Å²) < 4.78 is 0. The van der Waals surface area contributed by atoms with Crippen molar-refractivity contribution in [1.29, 1.82) is 0 Å². The molecule has 1 rings (SSSR count). The molecular weight excluding hydrogens is 224 g/mol. The molecule has 0 saturated carbocycles. The van der Waals surface area contributed by atoms with Gasteiger partial charge in [0.1, 0.15) is 0 Å². The molecular formula is C15H24N2O. The van der Waals surface area contributed by atoms with Crippen LogP contribution in [0.2, 0.25) is 0 Å². The first kappa shape index (κ1) is 14.7. The number of rotatable bonds is 6. The Morgan fingerprint density at radius 2 is 2.00 bits per heavy atom. The van der Waals surface area contributed by atoms with Crippen LogP contribution in [0.5, 0.6) is 0 Å². The number of nitrogens with one attached hydrogen (secondary N) is 1. The van der Waals surface area contributed by atoms with E-state index in [0.717, 1.165) is 30.4 Å². The molecule has 100 valence electrons. The highest BCUT2D eigenvalue weighted by Crippen LogP contribution is 2.09. The van der Waals surface area contributed by atoms with Gasteiger partial charge in [0.2, 0.25) is 0 Å². The van der Waals surface area contributed by atoms with Crippen molar-refractivity contribution in [2.75, 3.05) is 6.54 Å². The summed E-state index contributed by atoms with van der Waals surface area (Å²) in [6, 6.07) is 5.96. The van der Waals surface area contributed by atoms with Crippen molar-refractivity contribution in [2.45, 2.75) is 46.1 Å². The Kier molecular flexibility index (Phi) is 5.86. The van der Waals surface area contributed by atoms with Crippen LogP contribution in [0.1, 0.15) is 47.7 Å². The highest BCUT2D eigenvalue weighted by molar-refractivity contribution is 5.94. The Hall–Kier alpha value is -1.35. The maximum atomic E-state index is 11.9. The second-order valence-corrected chi connectivity index (χ2v) is 4.89. The topological polar surface area (TPSA) is 55.1 Å². The van der Waals surface area contributed by atoms with E-state index in [0.29, 0.717) is 6.54 Å². The molecule has 1 atom stereocenters. The first-order valence-corrected chi connectivity index (χ1v) is 6.65. The number of benzene rings is 1. The lowest BCUT2D eigenvalue weighted by molar-refractivity contribution is 0.0952. The SMILES string of the molecule is CCCC(N)CCNC(=O)c1ccc(C)c(C)c1. The second-order valence-electron chi connectivity index (χ2n) is 4.89. The highest BCUT2D eigenvalue weighted by Gasteiger charge is 2.07. The largest absolute Gasteiger partial charge is 0.352 e. The summed E-state index contributed by atoms with van der Waals surface area (Å²) in [7, 11) is 0. The van der Waals surface area contributed by atoms with Crippen LogP contribution in [0.25, 0.3) is 0 Å². The Labute approximate surface area is 110 Å². The van der Waals surface area contributed by atoms with Crippen molar-refractivity contribution >= 4 is 5.91 Å². The molecule has 1 aromatic carbocycles. The van der Waals surface area contributed by atoms with Crippen LogP contribution in [0.4, 0.5) is 0 Å². The lowest BCUT2D eigenvalue weighted by atomic mass is 10.1. The average molecular weight is 248 g/mol. The maximum absolute atomic E-state index is 11.9. The molecule has 1 aromatic rings. The number of aryl methyl sites for hydroxylation is 2. The molecule has 1 amide bonds. The van der Waals surface area contributed by atoms with Crippen LogP contribution in [0.3, 0.4) is 0 Å². The summed E-state index contributed by atoms with van der Waals surface area (Å²) in [5, 5.41) is 2.92. The summed E-state index contributed by atoms with van der Waals surface area (Å²) in [6.45, 7) is 6.82. The Morgan fingerprint density at radius 1 is 1.28 bits per heavy atom. The normalized spacial score (nSPS) is 12.2. The van der Waals surface area contributed by atoms with Gasteiger partial charge in [-0.05, 0) is 49.9 Å². The van der Waals surface area contributed by atoms with Gasteiger partial charge in [0.15, 0.2) is 0 Å². The molecule has 3 N–H and O–H groups in total. The van der Waals surface area contributed by atoms with Gasteiger partial charge < -0.3 is 11.1 Å². The molecule has 0 saturated heterocycles. The monoisotopic (exact) mass is 248 g/mol. The third-order valence-corrected chi connectivity index (χ3v) is 3.23. The molecule has 0 bridgehead atoms. The zero-order valence-corrected chi connectivity index (χ0v) is 11.6. The van der Waals surface area contributed by atoms with Crippen molar-refractivity contribution in [3.8, 4) is 0 Å². The van der Waals surface area contributed by atoms with Gasteiger partial charge in [0.25, 0.3) is 5.91 Å². The fourth-order valence-electron chi connectivity index (χ4n) is 1.87. The third kappa shape index (κ3) is 4.49. The number of nitrogens with two attached hydrogens (primary N) is 1. The first-order valence-electron chi connectivity index (χ1n) is 6.65. The average Bonchev–Trinajstić information content (AvgIpc) is 2.33. The molecule has 1 unspecified atom stereocenters. The van der Waals surface area contributed by atoms with E-state index >= 15 is 0 Å². The Morgan fingerprint density at radius 3 is 2.61 bits per heavy atom. The zero-order valence-electron chi connectivity index (χ0n) is 11.6. The molecule has 0 radical (unpaired) electrons. The molecule has 3 nitrogen and oxygen atoms in total. The first-order chi connectivity index (χ1) is 8.54. The Bertz CT molecular complexity index is 401. The van der Waals surface area contributed by atoms with Crippen LogP contribution in [-0.2, 0) is 0 Å². The molecule has 0 aliphatic carbocycles. The van der Waals surface area contributed by atoms with E-state index in [1.807, 2.05) is 32.0 Å². The fourth-order valence-corrected chi connectivity index (χ4v) is 1.87. The molecule has 0 spiro atoms. The minimum absolute atomic E-state index is 0.0122. The van der Waals surface area contributed by atoms with Crippen LogP contribution >= 0.6 is 0 Å². The lowest BCUT2D eigenvalue weighted by Crippen LogP contribution is -2.30. The van der Waals surface area contributed by atoms with E-state index in [-0.39, 0.29) is 11.9 Å². The van der Waals surface area contributed by atoms with Crippen molar-refractivity contribution in [2.24, 2.45) is 5.73 Å². The van der Waals surface area contributed by atoms with Gasteiger partial charge in [0.05, 0.1) is 0 Å². The van der Waals surface area contributed by atoms with E-state index in [2.05, 4.69) is 12.2 Å².